The highest BCUT2D eigenvalue weighted by Gasteiger charge is 2.12. The Morgan fingerprint density at radius 2 is 2.13 bits per heavy atom. The molecule has 0 aliphatic rings. The van der Waals surface area contributed by atoms with Crippen molar-refractivity contribution in [3.05, 3.63) is 35.9 Å². The predicted octanol–water partition coefficient (Wildman–Crippen LogP) is 1.42. The van der Waals surface area contributed by atoms with E-state index in [0.717, 1.165) is 5.75 Å². The summed E-state index contributed by atoms with van der Waals surface area (Å²) in [6.45, 7) is 0. The van der Waals surface area contributed by atoms with Crippen LogP contribution in [0.1, 0.15) is 5.56 Å². The van der Waals surface area contributed by atoms with E-state index in [9.17, 15) is 4.79 Å². The molecule has 1 unspecified atom stereocenters. The Morgan fingerprint density at radius 1 is 1.47 bits per heavy atom. The average Bonchev–Trinajstić information content (AvgIpc) is 2.29. The topological polar surface area (TPSA) is 52.3 Å². The minimum absolute atomic E-state index is 0.351. The zero-order chi connectivity index (χ0) is 11.1. The van der Waals surface area contributed by atoms with E-state index >= 15 is 0 Å². The van der Waals surface area contributed by atoms with Crippen molar-refractivity contribution in [3.63, 3.8) is 0 Å². The maximum absolute atomic E-state index is 11.0. The summed E-state index contributed by atoms with van der Waals surface area (Å²) in [5, 5.41) is 0. The lowest BCUT2D eigenvalue weighted by Gasteiger charge is -2.08. The summed E-state index contributed by atoms with van der Waals surface area (Å²) in [6, 6.07) is 9.55. The monoisotopic (exact) mass is 225 g/mol. The second-order valence-electron chi connectivity index (χ2n) is 3.13. The quantitative estimate of drug-likeness (QED) is 0.770. The van der Waals surface area contributed by atoms with Crippen molar-refractivity contribution in [2.75, 3.05) is 12.9 Å². The molecule has 1 rings (SSSR count). The van der Waals surface area contributed by atoms with Crippen LogP contribution in [0.25, 0.3) is 0 Å². The Morgan fingerprint density at radius 3 is 2.73 bits per heavy atom. The number of methoxy groups -OCH3 is 1. The number of hydrogen-bond acceptors (Lipinski definition) is 4. The number of esters is 1. The molecule has 1 aromatic rings. The lowest BCUT2D eigenvalue weighted by molar-refractivity contribution is -0.141. The fraction of sp³-hybridized carbons (Fsp3) is 0.364. The highest BCUT2D eigenvalue weighted by atomic mass is 32.2. The Balaban J connectivity index is 2.25. The SMILES string of the molecule is COC(=O)C(N)CSCc1ccccc1. The van der Waals surface area contributed by atoms with Crippen molar-refractivity contribution in [1.29, 1.82) is 0 Å². The summed E-state index contributed by atoms with van der Waals surface area (Å²) >= 11 is 1.63. The molecule has 0 bridgehead atoms. The minimum atomic E-state index is -0.524. The van der Waals surface area contributed by atoms with Crippen molar-refractivity contribution in [1.82, 2.24) is 0 Å². The van der Waals surface area contributed by atoms with Crippen LogP contribution in [0.3, 0.4) is 0 Å². The van der Waals surface area contributed by atoms with Gasteiger partial charge in [0.2, 0.25) is 0 Å². The van der Waals surface area contributed by atoms with Gasteiger partial charge in [-0.05, 0) is 5.56 Å². The zero-order valence-electron chi connectivity index (χ0n) is 8.68. The molecule has 2 N–H and O–H groups in total. The normalized spacial score (nSPS) is 12.1. The molecule has 3 nitrogen and oxygen atoms in total. The minimum Gasteiger partial charge on any atom is -0.468 e. The first-order valence-electron chi connectivity index (χ1n) is 4.69. The molecule has 1 aromatic carbocycles. The number of benzene rings is 1. The van der Waals surface area contributed by atoms with E-state index in [2.05, 4.69) is 16.9 Å². The molecular weight excluding hydrogens is 210 g/mol. The van der Waals surface area contributed by atoms with Crippen LogP contribution in [0.4, 0.5) is 0 Å². The van der Waals surface area contributed by atoms with E-state index in [1.807, 2.05) is 18.2 Å². The molecule has 0 spiro atoms. The van der Waals surface area contributed by atoms with Gasteiger partial charge in [-0.25, -0.2) is 0 Å². The van der Waals surface area contributed by atoms with Crippen molar-refractivity contribution in [3.8, 4) is 0 Å². The second-order valence-corrected chi connectivity index (χ2v) is 4.16. The maximum Gasteiger partial charge on any atom is 0.323 e. The molecule has 4 heteroatoms. The summed E-state index contributed by atoms with van der Waals surface area (Å²) in [4.78, 5) is 11.0. The smallest absolute Gasteiger partial charge is 0.323 e. The predicted molar refractivity (Wildman–Crippen MR) is 62.6 cm³/mol. The van der Waals surface area contributed by atoms with E-state index in [1.54, 1.807) is 11.8 Å². The van der Waals surface area contributed by atoms with Gasteiger partial charge in [0.25, 0.3) is 0 Å². The molecule has 82 valence electrons. The molecule has 0 radical (unpaired) electrons. The third-order valence-electron chi connectivity index (χ3n) is 1.91. The first kappa shape index (κ1) is 12.1. The molecule has 0 amide bonds. The van der Waals surface area contributed by atoms with Gasteiger partial charge in [-0.1, -0.05) is 30.3 Å². The summed E-state index contributed by atoms with van der Waals surface area (Å²) in [7, 11) is 1.35. The highest BCUT2D eigenvalue weighted by Crippen LogP contribution is 2.12. The summed E-state index contributed by atoms with van der Waals surface area (Å²) in [5.41, 5.74) is 6.83. The standard InChI is InChI=1S/C11H15NO2S/c1-14-11(13)10(12)8-15-7-9-5-3-2-4-6-9/h2-6,10H,7-8,12H2,1H3. The van der Waals surface area contributed by atoms with Crippen LogP contribution in [-0.2, 0) is 15.3 Å². The Bertz CT molecular complexity index is 303. The lowest BCUT2D eigenvalue weighted by atomic mass is 10.2. The number of carbonyl (C=O) groups is 1. The third kappa shape index (κ3) is 4.36. The van der Waals surface area contributed by atoms with Gasteiger partial charge in [-0.15, -0.1) is 0 Å². The van der Waals surface area contributed by atoms with E-state index in [0.29, 0.717) is 5.75 Å². The lowest BCUT2D eigenvalue weighted by Crippen LogP contribution is -2.33. The van der Waals surface area contributed by atoms with Gasteiger partial charge < -0.3 is 10.5 Å². The van der Waals surface area contributed by atoms with E-state index in [4.69, 9.17) is 5.73 Å². The number of thioether (sulfide) groups is 1. The third-order valence-corrected chi connectivity index (χ3v) is 3.05. The van der Waals surface area contributed by atoms with Gasteiger partial charge in [0, 0.05) is 11.5 Å². The molecule has 0 aromatic heterocycles. The van der Waals surface area contributed by atoms with Crippen LogP contribution in [0.2, 0.25) is 0 Å². The number of hydrogen-bond donors (Lipinski definition) is 1. The van der Waals surface area contributed by atoms with Gasteiger partial charge in [0.1, 0.15) is 6.04 Å². The van der Waals surface area contributed by atoms with Gasteiger partial charge in [0.05, 0.1) is 7.11 Å². The van der Waals surface area contributed by atoms with Crippen molar-refractivity contribution >= 4 is 17.7 Å². The van der Waals surface area contributed by atoms with Crippen LogP contribution in [0, 0.1) is 0 Å². The number of carbonyl (C=O) groups excluding carboxylic acids is 1. The fourth-order valence-corrected chi connectivity index (χ4v) is 2.03. The summed E-state index contributed by atoms with van der Waals surface area (Å²) in [6.07, 6.45) is 0. The van der Waals surface area contributed by atoms with Gasteiger partial charge in [-0.3, -0.25) is 4.79 Å². The van der Waals surface area contributed by atoms with Crippen molar-refractivity contribution < 1.29 is 9.53 Å². The number of ether oxygens (including phenoxy) is 1. The first-order chi connectivity index (χ1) is 7.24. The molecule has 0 aliphatic carbocycles. The molecule has 0 fully saturated rings. The van der Waals surface area contributed by atoms with E-state index in [-0.39, 0.29) is 5.97 Å². The van der Waals surface area contributed by atoms with E-state index < -0.39 is 6.04 Å². The molecule has 0 saturated heterocycles. The second kappa shape index (κ2) is 6.48. The highest BCUT2D eigenvalue weighted by molar-refractivity contribution is 7.98. The van der Waals surface area contributed by atoms with Crippen LogP contribution < -0.4 is 5.73 Å². The van der Waals surface area contributed by atoms with Crippen molar-refractivity contribution in [2.24, 2.45) is 5.73 Å². The number of rotatable bonds is 5. The fourth-order valence-electron chi connectivity index (χ4n) is 1.10. The Kier molecular flexibility index (Phi) is 5.21. The van der Waals surface area contributed by atoms with Crippen LogP contribution in [0.5, 0.6) is 0 Å². The largest absolute Gasteiger partial charge is 0.468 e. The molecule has 1 atom stereocenters. The van der Waals surface area contributed by atoms with Gasteiger partial charge in [-0.2, -0.15) is 11.8 Å². The van der Waals surface area contributed by atoms with E-state index in [1.165, 1.54) is 12.7 Å². The molecule has 15 heavy (non-hydrogen) atoms. The molecule has 0 heterocycles. The summed E-state index contributed by atoms with van der Waals surface area (Å²) in [5.74, 6) is 1.10. The molecule has 0 aliphatic heterocycles. The molecule has 0 saturated carbocycles. The maximum atomic E-state index is 11.0. The molecular formula is C11H15NO2S. The van der Waals surface area contributed by atoms with Crippen LogP contribution >= 0.6 is 11.8 Å². The van der Waals surface area contributed by atoms with Crippen molar-refractivity contribution in [2.45, 2.75) is 11.8 Å². The van der Waals surface area contributed by atoms with Crippen LogP contribution in [0.15, 0.2) is 30.3 Å². The Labute approximate surface area is 94.0 Å². The summed E-state index contributed by atoms with van der Waals surface area (Å²) < 4.78 is 4.54. The number of nitrogens with two attached hydrogens (primary N) is 1. The zero-order valence-corrected chi connectivity index (χ0v) is 9.50. The average molecular weight is 225 g/mol. The van der Waals surface area contributed by atoms with Gasteiger partial charge in [0.15, 0.2) is 0 Å². The first-order valence-corrected chi connectivity index (χ1v) is 5.84. The van der Waals surface area contributed by atoms with Gasteiger partial charge >= 0.3 is 5.97 Å². The Hall–Kier alpha value is -1.00. The van der Waals surface area contributed by atoms with Crippen LogP contribution in [-0.4, -0.2) is 24.9 Å².